The number of nitrogens with one attached hydrogen (secondary N) is 1. The van der Waals surface area contributed by atoms with Crippen LogP contribution in [0.4, 0.5) is 35.0 Å². The van der Waals surface area contributed by atoms with E-state index in [2.05, 4.69) is 5.32 Å². The van der Waals surface area contributed by atoms with Gasteiger partial charge in [-0.25, -0.2) is 14.5 Å². The number of carboxylic acids is 1. The second kappa shape index (κ2) is 14.6. The van der Waals surface area contributed by atoms with Crippen molar-refractivity contribution in [2.75, 3.05) is 10.2 Å². The molecule has 53 heavy (non-hydrogen) atoms. The second-order valence-electron chi connectivity index (χ2n) is 12.3. The predicted molar refractivity (Wildman–Crippen MR) is 177 cm³/mol. The van der Waals surface area contributed by atoms with Gasteiger partial charge in [-0.05, 0) is 67.9 Å². The van der Waals surface area contributed by atoms with Gasteiger partial charge >= 0.3 is 30.1 Å². The average Bonchev–Trinajstić information content (AvgIpc) is 3.25. The highest BCUT2D eigenvalue weighted by molar-refractivity contribution is 6.23. The molecule has 1 saturated heterocycles. The lowest BCUT2D eigenvalue weighted by atomic mass is 10.0. The molecule has 17 heteroatoms. The number of ether oxygens (including phenoxy) is 4. The van der Waals surface area contributed by atoms with E-state index in [1.807, 2.05) is 0 Å². The fourth-order valence-electron chi connectivity index (χ4n) is 5.64. The number of nitrogens with zero attached hydrogens (tertiary/aromatic N) is 3. The van der Waals surface area contributed by atoms with Crippen LogP contribution in [0.25, 0.3) is 0 Å². The number of imide groups is 1. The Balaban J connectivity index is 1.35. The first kappa shape index (κ1) is 37.7. The van der Waals surface area contributed by atoms with Gasteiger partial charge in [0.25, 0.3) is 12.2 Å². The third-order valence-corrected chi connectivity index (χ3v) is 8.21. The van der Waals surface area contributed by atoms with Crippen molar-refractivity contribution in [3.05, 3.63) is 95.3 Å². The van der Waals surface area contributed by atoms with Crippen LogP contribution in [-0.2, 0) is 46.1 Å². The molecule has 0 unspecified atom stereocenters. The summed E-state index contributed by atoms with van der Waals surface area (Å²) >= 11 is 0. The number of anilines is 3. The summed E-state index contributed by atoms with van der Waals surface area (Å²) in [7, 11) is 0. The van der Waals surface area contributed by atoms with Crippen LogP contribution in [-0.4, -0.2) is 63.9 Å². The molecule has 5 rings (SSSR count). The number of alkyl halides is 3. The van der Waals surface area contributed by atoms with Crippen molar-refractivity contribution in [2.45, 2.75) is 64.5 Å². The first-order valence-corrected chi connectivity index (χ1v) is 15.8. The first-order valence-electron chi connectivity index (χ1n) is 15.8. The van der Waals surface area contributed by atoms with Crippen molar-refractivity contribution in [3.63, 3.8) is 0 Å². The lowest BCUT2D eigenvalue weighted by molar-refractivity contribution is -0.202. The van der Waals surface area contributed by atoms with Crippen molar-refractivity contribution >= 4 is 46.9 Å². The minimum Gasteiger partial charge on any atom is -0.475 e. The van der Waals surface area contributed by atoms with Gasteiger partial charge < -0.3 is 34.3 Å². The Labute approximate surface area is 299 Å². The van der Waals surface area contributed by atoms with Crippen molar-refractivity contribution in [3.8, 4) is 11.8 Å². The molecule has 0 spiro atoms. The number of halogens is 3. The SMILES string of the molecule is CC(=O)O[C@@H]1[C@@H](Oc2ccc(Nc3ccccc3CN3C(=O)N(c4ccc(C#N)c(C(F)(F)F)c4)C(=O)C3(C)C)cc2)OC(C(=O)O)=C[C@H]1OC(C)=O. The molecule has 0 saturated carbocycles. The van der Waals surface area contributed by atoms with Crippen LogP contribution < -0.4 is 15.0 Å². The Morgan fingerprint density at radius 3 is 2.26 bits per heavy atom. The molecule has 2 heterocycles. The number of rotatable bonds is 10. The zero-order valence-corrected chi connectivity index (χ0v) is 28.5. The lowest BCUT2D eigenvalue weighted by Crippen LogP contribution is -2.49. The van der Waals surface area contributed by atoms with Crippen LogP contribution in [0, 0.1) is 11.3 Å². The summed E-state index contributed by atoms with van der Waals surface area (Å²) in [5.74, 6) is -4.21. The fourth-order valence-corrected chi connectivity index (χ4v) is 5.64. The Hall–Kier alpha value is -6.57. The summed E-state index contributed by atoms with van der Waals surface area (Å²) in [6, 6.07) is 16.2. The Morgan fingerprint density at radius 1 is 1.00 bits per heavy atom. The van der Waals surface area contributed by atoms with Gasteiger partial charge in [-0.2, -0.15) is 18.4 Å². The number of amides is 3. The molecular formula is C36H31F3N4O10. The van der Waals surface area contributed by atoms with Crippen molar-refractivity contribution < 1.29 is 61.2 Å². The van der Waals surface area contributed by atoms with Crippen LogP contribution in [0.3, 0.4) is 0 Å². The van der Waals surface area contributed by atoms with Gasteiger partial charge in [-0.3, -0.25) is 14.4 Å². The zero-order chi connectivity index (χ0) is 38.8. The van der Waals surface area contributed by atoms with E-state index in [0.29, 0.717) is 27.9 Å². The summed E-state index contributed by atoms with van der Waals surface area (Å²) in [6.07, 6.45) is -8.11. The fraction of sp³-hybridized carbons (Fsp3) is 0.278. The smallest absolute Gasteiger partial charge is 0.417 e. The van der Waals surface area contributed by atoms with Gasteiger partial charge in [-0.15, -0.1) is 0 Å². The monoisotopic (exact) mass is 736 g/mol. The summed E-state index contributed by atoms with van der Waals surface area (Å²) in [5.41, 5.74) is -2.15. The topological polar surface area (TPSA) is 185 Å². The summed E-state index contributed by atoms with van der Waals surface area (Å²) in [6.45, 7) is 5.03. The number of aliphatic carboxylic acids is 1. The van der Waals surface area contributed by atoms with Crippen LogP contribution in [0.2, 0.25) is 0 Å². The molecule has 3 amide bonds. The highest BCUT2D eigenvalue weighted by Gasteiger charge is 2.52. The summed E-state index contributed by atoms with van der Waals surface area (Å²) < 4.78 is 62.7. The maximum Gasteiger partial charge on any atom is 0.417 e. The number of hydrogen-bond donors (Lipinski definition) is 2. The molecule has 2 aliphatic heterocycles. The lowest BCUT2D eigenvalue weighted by Gasteiger charge is -2.34. The Morgan fingerprint density at radius 2 is 1.66 bits per heavy atom. The Kier molecular flexibility index (Phi) is 10.4. The number of para-hydroxylation sites is 1. The van der Waals surface area contributed by atoms with E-state index in [-0.39, 0.29) is 18.0 Å². The van der Waals surface area contributed by atoms with E-state index in [4.69, 9.17) is 24.2 Å². The highest BCUT2D eigenvalue weighted by Crippen LogP contribution is 2.39. The van der Waals surface area contributed by atoms with E-state index in [1.165, 1.54) is 36.9 Å². The molecule has 2 aliphatic rings. The first-order chi connectivity index (χ1) is 24.9. The standard InChI is InChI=1S/C36H31F3N4O10/c1-19(44)50-28-16-29(31(46)47)53-32(30(28)51-20(2)45)52-25-13-10-23(11-14-25)41-27-8-6-5-7-22(27)18-42-34(49)43(33(48)35(42,3)4)24-12-9-21(17-40)26(15-24)36(37,38)39/h5-16,28,30,32,41H,18H2,1-4H3,(H,46,47)/t28-,30+,32+/m1/s1. The van der Waals surface area contributed by atoms with E-state index >= 15 is 0 Å². The van der Waals surface area contributed by atoms with Gasteiger partial charge in [0.05, 0.1) is 29.4 Å². The van der Waals surface area contributed by atoms with Crippen LogP contribution in [0.5, 0.6) is 5.75 Å². The zero-order valence-electron chi connectivity index (χ0n) is 28.5. The molecule has 3 atom stereocenters. The van der Waals surface area contributed by atoms with Crippen molar-refractivity contribution in [2.24, 2.45) is 0 Å². The Bertz CT molecular complexity index is 2040. The normalized spacial score (nSPS) is 19.4. The molecule has 0 aliphatic carbocycles. The molecule has 14 nitrogen and oxygen atoms in total. The number of carboxylic acid groups (broad SMARTS) is 1. The van der Waals surface area contributed by atoms with Gasteiger partial charge in [0.15, 0.2) is 6.10 Å². The number of hydrogen-bond acceptors (Lipinski definition) is 11. The highest BCUT2D eigenvalue weighted by atomic mass is 19.4. The van der Waals surface area contributed by atoms with Gasteiger partial charge in [-0.1, -0.05) is 18.2 Å². The molecule has 276 valence electrons. The van der Waals surface area contributed by atoms with E-state index in [9.17, 15) is 42.3 Å². The van der Waals surface area contributed by atoms with Crippen molar-refractivity contribution in [1.82, 2.24) is 4.90 Å². The molecule has 0 aromatic heterocycles. The molecular weight excluding hydrogens is 705 g/mol. The number of benzene rings is 3. The third-order valence-electron chi connectivity index (χ3n) is 8.21. The minimum absolute atomic E-state index is 0.125. The summed E-state index contributed by atoms with van der Waals surface area (Å²) in [5, 5.41) is 21.9. The quantitative estimate of drug-likeness (QED) is 0.193. The number of carbonyl (C=O) groups excluding carboxylic acids is 4. The van der Waals surface area contributed by atoms with Gasteiger partial charge in [0.2, 0.25) is 11.9 Å². The second-order valence-corrected chi connectivity index (χ2v) is 12.3. The van der Waals surface area contributed by atoms with Crippen LogP contribution in [0.15, 0.2) is 78.6 Å². The minimum atomic E-state index is -4.90. The summed E-state index contributed by atoms with van der Waals surface area (Å²) in [4.78, 5) is 64.3. The average molecular weight is 737 g/mol. The van der Waals surface area contributed by atoms with E-state index in [0.717, 1.165) is 32.1 Å². The third kappa shape index (κ3) is 8.01. The maximum absolute atomic E-state index is 13.7. The number of carbonyl (C=O) groups is 5. The van der Waals surface area contributed by atoms with Crippen molar-refractivity contribution in [1.29, 1.82) is 5.26 Å². The van der Waals surface area contributed by atoms with Crippen LogP contribution >= 0.6 is 0 Å². The number of esters is 2. The molecule has 2 N–H and O–H groups in total. The van der Waals surface area contributed by atoms with Gasteiger partial charge in [0.1, 0.15) is 11.3 Å². The van der Waals surface area contributed by atoms with E-state index < -0.39 is 76.9 Å². The molecule has 3 aromatic carbocycles. The largest absolute Gasteiger partial charge is 0.475 e. The number of nitriles is 1. The van der Waals surface area contributed by atoms with E-state index in [1.54, 1.807) is 36.4 Å². The number of urea groups is 1. The predicted octanol–water partition coefficient (Wildman–Crippen LogP) is 5.64. The molecule has 3 aromatic rings. The van der Waals surface area contributed by atoms with Crippen LogP contribution in [0.1, 0.15) is 44.4 Å². The maximum atomic E-state index is 13.7. The molecule has 0 radical (unpaired) electrons. The van der Waals surface area contributed by atoms with Gasteiger partial charge in [0, 0.05) is 31.3 Å². The molecule has 0 bridgehead atoms. The molecule has 1 fully saturated rings.